The molecule has 0 spiro atoms. The van der Waals surface area contributed by atoms with Crippen LogP contribution in [-0.4, -0.2) is 10.1 Å². The first-order valence-corrected chi connectivity index (χ1v) is 7.01. The van der Waals surface area contributed by atoms with Crippen LogP contribution in [-0.2, 0) is 12.0 Å². The fourth-order valence-electron chi connectivity index (χ4n) is 2.61. The van der Waals surface area contributed by atoms with Gasteiger partial charge in [-0.2, -0.15) is 4.98 Å². The van der Waals surface area contributed by atoms with Crippen molar-refractivity contribution in [3.05, 3.63) is 46.3 Å². The first kappa shape index (κ1) is 13.5. The quantitative estimate of drug-likeness (QED) is 0.944. The van der Waals surface area contributed by atoms with E-state index in [-0.39, 0.29) is 12.2 Å². The monoisotopic (exact) mass is 295 g/mol. The maximum atomic E-state index is 13.7. The van der Waals surface area contributed by atoms with Gasteiger partial charge in [0.25, 0.3) is 0 Å². The largest absolute Gasteiger partial charge is 0.339 e. The van der Waals surface area contributed by atoms with Crippen LogP contribution in [0.1, 0.15) is 43.0 Å². The van der Waals surface area contributed by atoms with Gasteiger partial charge < -0.3 is 10.3 Å². The van der Waals surface area contributed by atoms with Crippen molar-refractivity contribution in [3.8, 4) is 0 Å². The second-order valence-electron chi connectivity index (χ2n) is 5.25. The lowest BCUT2D eigenvalue weighted by molar-refractivity contribution is 0.351. The van der Waals surface area contributed by atoms with E-state index < -0.39 is 5.54 Å². The van der Waals surface area contributed by atoms with E-state index in [4.69, 9.17) is 21.9 Å². The molecule has 1 saturated carbocycles. The highest BCUT2D eigenvalue weighted by molar-refractivity contribution is 6.31. The molecule has 6 heteroatoms. The summed E-state index contributed by atoms with van der Waals surface area (Å²) in [5.74, 6) is 0.474. The van der Waals surface area contributed by atoms with Crippen LogP contribution < -0.4 is 5.73 Å². The van der Waals surface area contributed by atoms with Crippen LogP contribution in [0.5, 0.6) is 0 Å². The molecule has 0 aliphatic heterocycles. The molecule has 1 fully saturated rings. The van der Waals surface area contributed by atoms with Gasteiger partial charge in [0, 0.05) is 10.6 Å². The second kappa shape index (κ2) is 5.14. The molecule has 2 N–H and O–H groups in total. The zero-order valence-corrected chi connectivity index (χ0v) is 11.7. The maximum absolute atomic E-state index is 13.7. The lowest BCUT2D eigenvalue weighted by atomic mass is 9.99. The van der Waals surface area contributed by atoms with E-state index in [9.17, 15) is 4.39 Å². The smallest absolute Gasteiger partial charge is 0.231 e. The summed E-state index contributed by atoms with van der Waals surface area (Å²) in [6, 6.07) is 4.56. The van der Waals surface area contributed by atoms with Crippen LogP contribution in [0.15, 0.2) is 22.7 Å². The molecule has 1 aliphatic rings. The molecular weight excluding hydrogens is 281 g/mol. The Morgan fingerprint density at radius 3 is 2.80 bits per heavy atom. The van der Waals surface area contributed by atoms with Gasteiger partial charge in [0.1, 0.15) is 5.82 Å². The molecular formula is C14H15ClFN3O. The minimum atomic E-state index is -0.499. The van der Waals surface area contributed by atoms with Gasteiger partial charge >= 0.3 is 0 Å². The van der Waals surface area contributed by atoms with Crippen LogP contribution in [0, 0.1) is 5.82 Å². The van der Waals surface area contributed by atoms with Gasteiger partial charge in [-0.15, -0.1) is 0 Å². The highest BCUT2D eigenvalue weighted by atomic mass is 35.5. The van der Waals surface area contributed by atoms with Gasteiger partial charge in [0.2, 0.25) is 5.89 Å². The molecule has 0 saturated heterocycles. The Hall–Kier alpha value is -1.46. The van der Waals surface area contributed by atoms with Gasteiger partial charge in [-0.1, -0.05) is 35.7 Å². The SMILES string of the molecule is NC1(c2noc(Cc3c(F)cccc3Cl)n2)CCCC1. The Kier molecular flexibility index (Phi) is 3.48. The van der Waals surface area contributed by atoms with Crippen molar-refractivity contribution in [3.63, 3.8) is 0 Å². The van der Waals surface area contributed by atoms with E-state index in [1.807, 2.05) is 0 Å². The van der Waals surface area contributed by atoms with E-state index in [0.29, 0.717) is 22.3 Å². The third kappa shape index (κ3) is 2.43. The average molecular weight is 296 g/mol. The predicted octanol–water partition coefficient (Wildman–Crippen LogP) is 3.18. The summed E-state index contributed by atoms with van der Waals surface area (Å²) in [5.41, 5.74) is 6.13. The molecule has 0 radical (unpaired) electrons. The van der Waals surface area contributed by atoms with E-state index in [0.717, 1.165) is 25.7 Å². The fraction of sp³-hybridized carbons (Fsp3) is 0.429. The van der Waals surface area contributed by atoms with Gasteiger partial charge in [0.05, 0.1) is 12.0 Å². The van der Waals surface area contributed by atoms with Crippen molar-refractivity contribution < 1.29 is 8.91 Å². The first-order chi connectivity index (χ1) is 9.58. The summed E-state index contributed by atoms with van der Waals surface area (Å²) in [4.78, 5) is 4.31. The molecule has 2 aromatic rings. The van der Waals surface area contributed by atoms with Crippen LogP contribution in [0.3, 0.4) is 0 Å². The van der Waals surface area contributed by atoms with Crippen molar-refractivity contribution in [1.82, 2.24) is 10.1 Å². The topological polar surface area (TPSA) is 64.9 Å². The zero-order valence-electron chi connectivity index (χ0n) is 10.9. The lowest BCUT2D eigenvalue weighted by Crippen LogP contribution is -2.34. The average Bonchev–Trinajstić information content (AvgIpc) is 3.04. The summed E-state index contributed by atoms with van der Waals surface area (Å²) < 4.78 is 18.9. The number of nitrogens with zero attached hydrogens (tertiary/aromatic N) is 2. The molecule has 0 amide bonds. The van der Waals surface area contributed by atoms with E-state index in [1.54, 1.807) is 12.1 Å². The third-order valence-corrected chi connectivity index (χ3v) is 4.15. The fourth-order valence-corrected chi connectivity index (χ4v) is 2.84. The van der Waals surface area contributed by atoms with Crippen LogP contribution in [0.4, 0.5) is 4.39 Å². The molecule has 1 aromatic carbocycles. The van der Waals surface area contributed by atoms with Crippen molar-refractivity contribution in [2.45, 2.75) is 37.6 Å². The van der Waals surface area contributed by atoms with E-state index in [2.05, 4.69) is 10.1 Å². The number of halogens is 2. The number of aromatic nitrogens is 2. The van der Waals surface area contributed by atoms with Gasteiger partial charge in [-0.05, 0) is 25.0 Å². The van der Waals surface area contributed by atoms with E-state index >= 15 is 0 Å². The summed E-state index contributed by atoms with van der Waals surface area (Å²) in [6.07, 6.45) is 4.02. The highest BCUT2D eigenvalue weighted by Crippen LogP contribution is 2.34. The Balaban J connectivity index is 1.84. The molecule has 1 heterocycles. The van der Waals surface area contributed by atoms with Crippen LogP contribution in [0.25, 0.3) is 0 Å². The Morgan fingerprint density at radius 2 is 2.10 bits per heavy atom. The summed E-state index contributed by atoms with van der Waals surface area (Å²) in [7, 11) is 0. The third-order valence-electron chi connectivity index (χ3n) is 3.80. The molecule has 0 unspecified atom stereocenters. The zero-order chi connectivity index (χ0) is 14.2. The summed E-state index contributed by atoms with van der Waals surface area (Å²) in [5, 5.41) is 4.30. The number of rotatable bonds is 3. The molecule has 20 heavy (non-hydrogen) atoms. The second-order valence-corrected chi connectivity index (χ2v) is 5.66. The standard InChI is InChI=1S/C14H15ClFN3O/c15-10-4-3-5-11(16)9(10)8-12-18-13(19-20-12)14(17)6-1-2-7-14/h3-5H,1-2,6-8,17H2. The van der Waals surface area contributed by atoms with Gasteiger partial charge in [0.15, 0.2) is 5.82 Å². The van der Waals surface area contributed by atoms with Crippen molar-refractivity contribution in [2.24, 2.45) is 5.73 Å². The Labute approximate surface area is 121 Å². The summed E-state index contributed by atoms with van der Waals surface area (Å²) in [6.45, 7) is 0. The summed E-state index contributed by atoms with van der Waals surface area (Å²) >= 11 is 5.99. The molecule has 106 valence electrons. The van der Waals surface area contributed by atoms with Gasteiger partial charge in [-0.25, -0.2) is 4.39 Å². The predicted molar refractivity (Wildman–Crippen MR) is 72.8 cm³/mol. The van der Waals surface area contributed by atoms with E-state index in [1.165, 1.54) is 6.07 Å². The van der Waals surface area contributed by atoms with Gasteiger partial charge in [-0.3, -0.25) is 0 Å². The number of hydrogen-bond acceptors (Lipinski definition) is 4. The Morgan fingerprint density at radius 1 is 1.35 bits per heavy atom. The molecule has 1 aliphatic carbocycles. The molecule has 3 rings (SSSR count). The lowest BCUT2D eigenvalue weighted by Gasteiger charge is -2.17. The molecule has 1 aromatic heterocycles. The normalized spacial score (nSPS) is 17.6. The molecule has 0 atom stereocenters. The number of benzene rings is 1. The Bertz CT molecular complexity index is 602. The minimum Gasteiger partial charge on any atom is -0.339 e. The minimum absolute atomic E-state index is 0.175. The first-order valence-electron chi connectivity index (χ1n) is 6.63. The van der Waals surface area contributed by atoms with Crippen LogP contribution >= 0.6 is 11.6 Å². The number of nitrogens with two attached hydrogens (primary N) is 1. The molecule has 4 nitrogen and oxygen atoms in total. The molecule has 0 bridgehead atoms. The number of hydrogen-bond donors (Lipinski definition) is 1. The maximum Gasteiger partial charge on any atom is 0.231 e. The van der Waals surface area contributed by atoms with Crippen molar-refractivity contribution >= 4 is 11.6 Å². The van der Waals surface area contributed by atoms with Crippen LogP contribution in [0.2, 0.25) is 5.02 Å². The van der Waals surface area contributed by atoms with Crippen molar-refractivity contribution in [1.29, 1.82) is 0 Å². The van der Waals surface area contributed by atoms with Crippen molar-refractivity contribution in [2.75, 3.05) is 0 Å². The highest BCUT2D eigenvalue weighted by Gasteiger charge is 2.36.